The third-order valence-corrected chi connectivity index (χ3v) is 7.62. The smallest absolute Gasteiger partial charge is 0.0734 e. The Morgan fingerprint density at radius 1 is 0.913 bits per heavy atom. The summed E-state index contributed by atoms with van der Waals surface area (Å²) in [6.07, 6.45) is 42.7. The second-order valence-electron chi connectivity index (χ2n) is 11.3. The van der Waals surface area contributed by atoms with Crippen LogP contribution < -0.4 is 4.90 Å². The summed E-state index contributed by atoms with van der Waals surface area (Å²) in [4.78, 5) is 18.4. The zero-order valence-electron chi connectivity index (χ0n) is 28.4. The van der Waals surface area contributed by atoms with Crippen LogP contribution in [-0.4, -0.2) is 54.0 Å². The summed E-state index contributed by atoms with van der Waals surface area (Å²) in [6.45, 7) is 20.8. The molecule has 2 rings (SSSR count). The van der Waals surface area contributed by atoms with Crippen LogP contribution in [0.2, 0.25) is 0 Å². The molecule has 5 heteroatoms. The fourth-order valence-corrected chi connectivity index (χ4v) is 5.05. The molecule has 0 saturated carbocycles. The molecule has 1 aliphatic carbocycles. The van der Waals surface area contributed by atoms with Crippen LogP contribution in [0.5, 0.6) is 0 Å². The van der Waals surface area contributed by atoms with Gasteiger partial charge in [-0.25, -0.2) is 0 Å². The zero-order chi connectivity index (χ0) is 33.6. The summed E-state index contributed by atoms with van der Waals surface area (Å²) in [6, 6.07) is 4.63. The minimum absolute atomic E-state index is 0.0991. The van der Waals surface area contributed by atoms with E-state index in [0.29, 0.717) is 0 Å². The number of allylic oxidation sites excluding steroid dienone is 14. The first-order valence-corrected chi connectivity index (χ1v) is 16.0. The Morgan fingerprint density at radius 2 is 1.67 bits per heavy atom. The molecule has 0 radical (unpaired) electrons. The number of hydrogen-bond acceptors (Lipinski definition) is 5. The van der Waals surface area contributed by atoms with Gasteiger partial charge in [-0.2, -0.15) is 0 Å². The standard InChI is InChI=1S/C41H53N5/c1-9-12-22-35(5)40(44-28-11-3)33-45(8)38-23-19-24-39(32-38)46(41-25-20-31-43-37(41)7)36(6)27-26-34(4)21-17-15-14-16-18-30-42-29-13-10-2/h9-31,34-36,39-40H,1-3,32-33H2,4-8H3/b15-14-,18-16+,21-17+,22-12-,27-26-,29-13-,42-30+,44-28-. The average molecular weight is 616 g/mol. The van der Waals surface area contributed by atoms with Gasteiger partial charge in [-0.3, -0.25) is 15.0 Å². The molecule has 5 nitrogen and oxygen atoms in total. The molecule has 0 spiro atoms. The average Bonchev–Trinajstić information content (AvgIpc) is 3.06. The van der Waals surface area contributed by atoms with Crippen molar-refractivity contribution in [3.63, 3.8) is 0 Å². The minimum atomic E-state index is 0.0991. The Hall–Kier alpha value is -4.77. The van der Waals surface area contributed by atoms with Crippen molar-refractivity contribution in [1.29, 1.82) is 0 Å². The lowest BCUT2D eigenvalue weighted by molar-refractivity contribution is 0.337. The van der Waals surface area contributed by atoms with Crippen molar-refractivity contribution >= 4 is 18.1 Å². The van der Waals surface area contributed by atoms with Gasteiger partial charge in [-0.15, -0.1) is 0 Å². The number of aromatic nitrogens is 1. The van der Waals surface area contributed by atoms with Crippen LogP contribution in [0.15, 0.2) is 163 Å². The normalized spacial score (nSPS) is 18.5. The molecule has 1 heterocycles. The van der Waals surface area contributed by atoms with E-state index in [-0.39, 0.29) is 30.0 Å². The van der Waals surface area contributed by atoms with Gasteiger partial charge in [-0.1, -0.05) is 119 Å². The number of nitrogens with zero attached hydrogens (tertiary/aromatic N) is 5. The lowest BCUT2D eigenvalue weighted by atomic mass is 9.97. The number of anilines is 1. The largest absolute Gasteiger partial charge is 0.376 e. The molecule has 5 unspecified atom stereocenters. The first kappa shape index (κ1) is 37.4. The van der Waals surface area contributed by atoms with E-state index in [2.05, 4.69) is 129 Å². The highest BCUT2D eigenvalue weighted by molar-refractivity contribution is 5.72. The van der Waals surface area contributed by atoms with Gasteiger partial charge in [0.25, 0.3) is 0 Å². The second-order valence-corrected chi connectivity index (χ2v) is 11.3. The number of aliphatic imine (C=N–C) groups is 2. The van der Waals surface area contributed by atoms with Crippen LogP contribution in [0.1, 0.15) is 32.9 Å². The number of hydrogen-bond donors (Lipinski definition) is 0. The highest BCUT2D eigenvalue weighted by Gasteiger charge is 2.27. The summed E-state index contributed by atoms with van der Waals surface area (Å²) in [7, 11) is 2.17. The monoisotopic (exact) mass is 615 g/mol. The molecule has 1 aliphatic rings. The van der Waals surface area contributed by atoms with Crippen molar-refractivity contribution in [2.75, 3.05) is 18.5 Å². The van der Waals surface area contributed by atoms with Gasteiger partial charge >= 0.3 is 0 Å². The molecule has 0 amide bonds. The van der Waals surface area contributed by atoms with Gasteiger partial charge in [0.1, 0.15) is 0 Å². The minimum Gasteiger partial charge on any atom is -0.376 e. The van der Waals surface area contributed by atoms with Gasteiger partial charge in [-0.05, 0) is 56.0 Å². The molecule has 1 aromatic rings. The predicted molar refractivity (Wildman–Crippen MR) is 204 cm³/mol. The van der Waals surface area contributed by atoms with Crippen LogP contribution in [0.4, 0.5) is 5.69 Å². The summed E-state index contributed by atoms with van der Waals surface area (Å²) in [5, 5.41) is 0. The van der Waals surface area contributed by atoms with Gasteiger partial charge in [0.05, 0.1) is 23.5 Å². The highest BCUT2D eigenvalue weighted by Crippen LogP contribution is 2.30. The van der Waals surface area contributed by atoms with E-state index < -0.39 is 0 Å². The third kappa shape index (κ3) is 13.5. The number of pyridine rings is 1. The fourth-order valence-electron chi connectivity index (χ4n) is 5.05. The SMILES string of the molecule is C=C\C=C/N=C/C=C/C=C\C=C\C(C)/C=C\C(C)N(c1cccnc1C)C1C=CC=C(N(C)CC(/N=C\C=C)C(C)/C=C\C=C)C1. The second kappa shape index (κ2) is 21.9. The number of aryl methyl sites for hydroxylation is 1. The van der Waals surface area contributed by atoms with Crippen molar-refractivity contribution in [3.8, 4) is 0 Å². The maximum atomic E-state index is 4.80. The Morgan fingerprint density at radius 3 is 2.41 bits per heavy atom. The number of likely N-dealkylation sites (N-methyl/N-ethyl adjacent to an activating group) is 1. The van der Waals surface area contributed by atoms with Crippen molar-refractivity contribution in [1.82, 2.24) is 9.88 Å². The fraction of sp³-hybridized carbons (Fsp3) is 0.293. The van der Waals surface area contributed by atoms with E-state index in [0.717, 1.165) is 24.3 Å². The Balaban J connectivity index is 2.18. The molecule has 0 fully saturated rings. The van der Waals surface area contributed by atoms with E-state index in [4.69, 9.17) is 4.99 Å². The van der Waals surface area contributed by atoms with E-state index in [1.165, 1.54) is 5.70 Å². The first-order chi connectivity index (χ1) is 22.3. The van der Waals surface area contributed by atoms with E-state index in [9.17, 15) is 0 Å². The molecule has 0 bridgehead atoms. The molecular weight excluding hydrogens is 562 g/mol. The van der Waals surface area contributed by atoms with Crippen LogP contribution in [0.3, 0.4) is 0 Å². The predicted octanol–water partition coefficient (Wildman–Crippen LogP) is 9.36. The molecule has 1 aromatic heterocycles. The first-order valence-electron chi connectivity index (χ1n) is 16.0. The lowest BCUT2D eigenvalue weighted by Crippen LogP contribution is -2.43. The Kier molecular flexibility index (Phi) is 17.8. The highest BCUT2D eigenvalue weighted by atomic mass is 15.2. The van der Waals surface area contributed by atoms with E-state index in [1.54, 1.807) is 36.9 Å². The summed E-state index contributed by atoms with van der Waals surface area (Å²) >= 11 is 0. The van der Waals surface area contributed by atoms with Gasteiger partial charge in [0.15, 0.2) is 0 Å². The van der Waals surface area contributed by atoms with Gasteiger partial charge in [0, 0.05) is 56.6 Å². The van der Waals surface area contributed by atoms with Gasteiger partial charge < -0.3 is 9.80 Å². The Labute approximate surface area is 279 Å². The molecule has 5 atom stereocenters. The van der Waals surface area contributed by atoms with Crippen LogP contribution in [0.25, 0.3) is 0 Å². The zero-order valence-corrected chi connectivity index (χ0v) is 28.4. The summed E-state index contributed by atoms with van der Waals surface area (Å²) < 4.78 is 0. The number of rotatable bonds is 19. The third-order valence-electron chi connectivity index (χ3n) is 7.62. The molecule has 0 saturated heterocycles. The van der Waals surface area contributed by atoms with Crippen molar-refractivity contribution < 1.29 is 0 Å². The molecule has 0 aromatic carbocycles. The lowest BCUT2D eigenvalue weighted by Gasteiger charge is -2.40. The van der Waals surface area contributed by atoms with Crippen molar-refractivity contribution in [2.45, 2.75) is 52.2 Å². The molecule has 242 valence electrons. The maximum absolute atomic E-state index is 4.80. The van der Waals surface area contributed by atoms with Crippen molar-refractivity contribution in [3.05, 3.63) is 159 Å². The van der Waals surface area contributed by atoms with Crippen LogP contribution in [-0.2, 0) is 0 Å². The van der Waals surface area contributed by atoms with Crippen LogP contribution >= 0.6 is 0 Å². The summed E-state index contributed by atoms with van der Waals surface area (Å²) in [5.74, 6) is 0.548. The van der Waals surface area contributed by atoms with E-state index in [1.807, 2.05) is 48.7 Å². The Bertz CT molecular complexity index is 1400. The molecule has 0 aliphatic heterocycles. The van der Waals surface area contributed by atoms with Crippen LogP contribution in [0, 0.1) is 18.8 Å². The molecule has 46 heavy (non-hydrogen) atoms. The molecular formula is C41H53N5. The van der Waals surface area contributed by atoms with Crippen molar-refractivity contribution in [2.24, 2.45) is 21.8 Å². The summed E-state index contributed by atoms with van der Waals surface area (Å²) in [5.41, 5.74) is 3.46. The quantitative estimate of drug-likeness (QED) is 0.0885. The van der Waals surface area contributed by atoms with Gasteiger partial charge in [0.2, 0.25) is 0 Å². The molecule has 0 N–H and O–H groups in total. The maximum Gasteiger partial charge on any atom is 0.0734 e. The topological polar surface area (TPSA) is 44.1 Å². The van der Waals surface area contributed by atoms with E-state index >= 15 is 0 Å².